The van der Waals surface area contributed by atoms with Gasteiger partial charge in [-0.3, -0.25) is 23.9 Å². The molecule has 0 unspecified atom stereocenters. The molecule has 1 heterocycles. The van der Waals surface area contributed by atoms with Gasteiger partial charge in [-0.2, -0.15) is 16.8 Å². The van der Waals surface area contributed by atoms with Gasteiger partial charge < -0.3 is 0 Å². The minimum atomic E-state index is -5.28. The van der Waals surface area contributed by atoms with E-state index in [2.05, 4.69) is 9.71 Å². The van der Waals surface area contributed by atoms with Gasteiger partial charge in [-0.15, -0.1) is 11.3 Å². The zero-order valence-corrected chi connectivity index (χ0v) is 21.0. The second kappa shape index (κ2) is 9.76. The van der Waals surface area contributed by atoms with Crippen LogP contribution in [-0.4, -0.2) is 44.3 Å². The second-order valence-corrected chi connectivity index (χ2v) is 12.5. The van der Waals surface area contributed by atoms with Crippen LogP contribution in [0.2, 0.25) is 5.02 Å². The van der Waals surface area contributed by atoms with Crippen molar-refractivity contribution >= 4 is 64.0 Å². The van der Waals surface area contributed by atoms with Crippen LogP contribution >= 0.6 is 22.9 Å². The highest BCUT2D eigenvalue weighted by molar-refractivity contribution is 7.93. The summed E-state index contributed by atoms with van der Waals surface area (Å²) < 4.78 is 93.4. The first-order valence-corrected chi connectivity index (χ1v) is 14.7. The number of rotatable bonds is 9. The van der Waals surface area contributed by atoms with Crippen molar-refractivity contribution in [3.05, 3.63) is 68.2 Å². The summed E-state index contributed by atoms with van der Waals surface area (Å²) in [6.45, 7) is 0. The highest BCUT2D eigenvalue weighted by Gasteiger charge is 2.33. The minimum Gasteiger partial charge on any atom is -0.282 e. The predicted octanol–water partition coefficient (Wildman–Crippen LogP) is 2.78. The number of benzene rings is 2. The Bertz CT molecular complexity index is 1620. The first-order valence-electron chi connectivity index (χ1n) is 9.07. The molecule has 0 aliphatic heterocycles. The summed E-state index contributed by atoms with van der Waals surface area (Å²) >= 11 is 6.61. The van der Waals surface area contributed by atoms with Crippen molar-refractivity contribution in [2.24, 2.45) is 0 Å². The molecule has 0 amide bonds. The smallest absolute Gasteiger partial charge is 0.282 e. The van der Waals surface area contributed by atoms with Crippen LogP contribution in [0.5, 0.6) is 0 Å². The molecule has 1 aromatic heterocycles. The van der Waals surface area contributed by atoms with Crippen molar-refractivity contribution in [3.63, 3.8) is 0 Å². The lowest BCUT2D eigenvalue weighted by Gasteiger charge is -2.11. The van der Waals surface area contributed by atoms with Crippen LogP contribution in [0.15, 0.2) is 56.5 Å². The van der Waals surface area contributed by atoms with Crippen LogP contribution in [0.4, 0.5) is 10.8 Å². The third kappa shape index (κ3) is 6.31. The van der Waals surface area contributed by atoms with Crippen LogP contribution < -0.4 is 4.72 Å². The van der Waals surface area contributed by atoms with Crippen molar-refractivity contribution in [1.82, 2.24) is 4.98 Å². The van der Waals surface area contributed by atoms with E-state index in [1.807, 2.05) is 0 Å². The SMILES string of the molecule is O=[N+]([O-])c1ccc(S(=O)(=O)O)c(CCc2csc(NS(=O)(=O)c3ccc(Cl)cc3)n2)c1S(=O)(=O)O. The van der Waals surface area contributed by atoms with E-state index in [-0.39, 0.29) is 22.1 Å². The molecule has 0 spiro atoms. The number of nitrogens with zero attached hydrogens (tertiary/aromatic N) is 2. The van der Waals surface area contributed by atoms with E-state index in [0.717, 1.165) is 11.3 Å². The van der Waals surface area contributed by atoms with Gasteiger partial charge in [-0.25, -0.2) is 13.4 Å². The van der Waals surface area contributed by atoms with Crippen molar-refractivity contribution in [2.45, 2.75) is 27.5 Å². The van der Waals surface area contributed by atoms with Crippen LogP contribution in [0, 0.1) is 10.1 Å². The molecule has 0 bridgehead atoms. The fourth-order valence-electron chi connectivity index (χ4n) is 3.02. The summed E-state index contributed by atoms with van der Waals surface area (Å²) in [5, 5.41) is 12.9. The van der Waals surface area contributed by atoms with Gasteiger partial charge in [0.15, 0.2) is 10.0 Å². The molecule has 13 nitrogen and oxygen atoms in total. The minimum absolute atomic E-state index is 0.0704. The average molecular weight is 584 g/mol. The Morgan fingerprint density at radius 2 is 1.60 bits per heavy atom. The van der Waals surface area contributed by atoms with E-state index in [0.29, 0.717) is 17.2 Å². The number of halogens is 1. The monoisotopic (exact) mass is 583 g/mol. The third-order valence-electron chi connectivity index (χ3n) is 4.46. The Morgan fingerprint density at radius 1 is 0.971 bits per heavy atom. The molecular weight excluding hydrogens is 570 g/mol. The standard InChI is InChI=1S/C17H14ClN3O10S4/c18-10-1-4-12(5-2-10)33(24,25)20-17-19-11(9-32-17)3-6-13-15(34(26,27)28)8-7-14(21(22)23)16(13)35(29,30)31/h1-2,4-5,7-9H,3,6H2,(H,19,20)(H,26,27,28)(H,29,30,31). The van der Waals surface area contributed by atoms with E-state index < -0.39 is 62.6 Å². The van der Waals surface area contributed by atoms with Gasteiger partial charge in [0, 0.05) is 22.0 Å². The van der Waals surface area contributed by atoms with Gasteiger partial charge in [0.1, 0.15) is 0 Å². The largest absolute Gasteiger partial charge is 0.301 e. The van der Waals surface area contributed by atoms with E-state index >= 15 is 0 Å². The first kappa shape index (κ1) is 26.9. The van der Waals surface area contributed by atoms with Crippen LogP contribution in [-0.2, 0) is 43.1 Å². The molecule has 0 radical (unpaired) electrons. The van der Waals surface area contributed by atoms with Crippen molar-refractivity contribution in [2.75, 3.05) is 4.72 Å². The molecule has 3 N–H and O–H groups in total. The second-order valence-electron chi connectivity index (χ2n) is 6.80. The number of aryl methyl sites for hydroxylation is 1. The lowest BCUT2D eigenvalue weighted by molar-refractivity contribution is -0.388. The molecular formula is C17H14ClN3O10S4. The molecule has 35 heavy (non-hydrogen) atoms. The molecule has 2 aromatic carbocycles. The first-order chi connectivity index (χ1) is 16.1. The summed E-state index contributed by atoms with van der Waals surface area (Å²) in [4.78, 5) is 11.8. The van der Waals surface area contributed by atoms with Gasteiger partial charge in [-0.1, -0.05) is 11.6 Å². The molecule has 0 fully saturated rings. The zero-order valence-electron chi connectivity index (χ0n) is 17.0. The quantitative estimate of drug-likeness (QED) is 0.189. The predicted molar refractivity (Wildman–Crippen MR) is 125 cm³/mol. The Kier molecular flexibility index (Phi) is 7.51. The molecule has 188 valence electrons. The summed E-state index contributed by atoms with van der Waals surface area (Å²) in [5.41, 5.74) is -1.65. The molecule has 0 saturated carbocycles. The van der Waals surface area contributed by atoms with Gasteiger partial charge in [0.2, 0.25) is 0 Å². The Hall–Kier alpha value is -2.67. The third-order valence-corrected chi connectivity index (χ3v) is 8.91. The fraction of sp³-hybridized carbons (Fsp3) is 0.118. The summed E-state index contributed by atoms with van der Waals surface area (Å²) in [6, 6.07) is 6.47. The number of nitro groups is 1. The lowest BCUT2D eigenvalue weighted by Crippen LogP contribution is -2.14. The van der Waals surface area contributed by atoms with Crippen molar-refractivity contribution < 1.29 is 39.3 Å². The van der Waals surface area contributed by atoms with Gasteiger partial charge >= 0.3 is 10.1 Å². The molecule has 0 atom stereocenters. The number of nitrogens with one attached hydrogen (secondary N) is 1. The summed E-state index contributed by atoms with van der Waals surface area (Å²) in [6.07, 6.45) is -0.760. The lowest BCUT2D eigenvalue weighted by atomic mass is 10.1. The van der Waals surface area contributed by atoms with Crippen LogP contribution in [0.25, 0.3) is 0 Å². The Labute approximate surface area is 208 Å². The van der Waals surface area contributed by atoms with Gasteiger partial charge in [-0.05, 0) is 43.2 Å². The maximum Gasteiger partial charge on any atom is 0.301 e. The van der Waals surface area contributed by atoms with E-state index in [4.69, 9.17) is 11.6 Å². The van der Waals surface area contributed by atoms with E-state index in [1.165, 1.54) is 29.6 Å². The van der Waals surface area contributed by atoms with Crippen LogP contribution in [0.3, 0.4) is 0 Å². The summed E-state index contributed by atoms with van der Waals surface area (Å²) in [5.74, 6) is 0. The van der Waals surface area contributed by atoms with Crippen molar-refractivity contribution in [1.29, 1.82) is 0 Å². The number of anilines is 1. The number of thiazole rings is 1. The molecule has 3 rings (SSSR count). The highest BCUT2D eigenvalue weighted by atomic mass is 35.5. The average Bonchev–Trinajstić information content (AvgIpc) is 3.16. The maximum absolute atomic E-state index is 12.5. The van der Waals surface area contributed by atoms with E-state index in [1.54, 1.807) is 0 Å². The molecule has 0 aliphatic rings. The van der Waals surface area contributed by atoms with Crippen molar-refractivity contribution in [3.8, 4) is 0 Å². The van der Waals surface area contributed by atoms with Gasteiger partial charge in [0.05, 0.1) is 20.4 Å². The number of hydrogen-bond acceptors (Lipinski definition) is 10. The maximum atomic E-state index is 12.5. The summed E-state index contributed by atoms with van der Waals surface area (Å²) in [7, 11) is -14.3. The molecule has 0 aliphatic carbocycles. The number of aromatic nitrogens is 1. The van der Waals surface area contributed by atoms with E-state index in [9.17, 15) is 44.5 Å². The Balaban J connectivity index is 1.94. The number of nitro benzene ring substituents is 1. The topological polar surface area (TPSA) is 211 Å². The zero-order chi connectivity index (χ0) is 26.2. The molecule has 18 heteroatoms. The number of sulfonamides is 1. The van der Waals surface area contributed by atoms with Crippen LogP contribution in [0.1, 0.15) is 11.3 Å². The fourth-order valence-corrected chi connectivity index (χ4v) is 6.89. The number of hydrogen-bond donors (Lipinski definition) is 3. The Morgan fingerprint density at radius 3 is 2.14 bits per heavy atom. The highest BCUT2D eigenvalue weighted by Crippen LogP contribution is 2.33. The van der Waals surface area contributed by atoms with Gasteiger partial charge in [0.25, 0.3) is 25.8 Å². The normalized spacial score (nSPS) is 12.4. The molecule has 0 saturated heterocycles. The molecule has 3 aromatic rings.